The lowest BCUT2D eigenvalue weighted by Crippen LogP contribution is -1.92. The van der Waals surface area contributed by atoms with E-state index in [0.29, 0.717) is 11.8 Å². The highest BCUT2D eigenvalue weighted by molar-refractivity contribution is 7.99. The maximum Gasteiger partial charge on any atom is 0.257 e. The molecule has 0 bridgehead atoms. The van der Waals surface area contributed by atoms with Crippen molar-refractivity contribution >= 4 is 39.9 Å². The van der Waals surface area contributed by atoms with Crippen LogP contribution in [0.5, 0.6) is 0 Å². The van der Waals surface area contributed by atoms with Crippen LogP contribution in [0.1, 0.15) is 18.1 Å². The molecule has 0 aliphatic rings. The number of aromatic nitrogens is 6. The maximum absolute atomic E-state index is 5.82. The number of imidazole rings is 1. The first-order chi connectivity index (χ1) is 12.3. The molecule has 0 fully saturated rings. The van der Waals surface area contributed by atoms with Crippen molar-refractivity contribution in [1.29, 1.82) is 0 Å². The van der Waals surface area contributed by atoms with Gasteiger partial charge in [0, 0.05) is 0 Å². The Morgan fingerprint density at radius 3 is 3.00 bits per heavy atom. The minimum atomic E-state index is -0.0334. The summed E-state index contributed by atoms with van der Waals surface area (Å²) in [4.78, 5) is 5.51. The van der Waals surface area contributed by atoms with Gasteiger partial charge in [-0.2, -0.15) is 0 Å². The van der Waals surface area contributed by atoms with Crippen LogP contribution in [0, 0.1) is 0 Å². The molecule has 7 nitrogen and oxygen atoms in total. The van der Waals surface area contributed by atoms with E-state index in [1.165, 1.54) is 0 Å². The van der Waals surface area contributed by atoms with Gasteiger partial charge in [-0.1, -0.05) is 30.0 Å². The molecule has 1 unspecified atom stereocenters. The van der Waals surface area contributed by atoms with E-state index in [4.69, 9.17) is 4.42 Å². The summed E-state index contributed by atoms with van der Waals surface area (Å²) in [5.41, 5.74) is 1.95. The Balaban J connectivity index is 1.48. The molecule has 0 spiro atoms. The van der Waals surface area contributed by atoms with Gasteiger partial charge in [0.2, 0.25) is 11.7 Å². The van der Waals surface area contributed by atoms with E-state index in [-0.39, 0.29) is 5.25 Å². The highest BCUT2D eigenvalue weighted by Crippen LogP contribution is 2.35. The molecule has 25 heavy (non-hydrogen) atoms. The number of para-hydroxylation sites is 2. The van der Waals surface area contributed by atoms with E-state index >= 15 is 0 Å². The molecule has 0 aliphatic heterocycles. The Bertz CT molecular complexity index is 1160. The van der Waals surface area contributed by atoms with E-state index in [1.807, 2.05) is 53.1 Å². The number of benzene rings is 1. The molecule has 1 aromatic carbocycles. The minimum absolute atomic E-state index is 0.0334. The topological polar surface area (TPSA) is 84.9 Å². The first-order valence-corrected chi connectivity index (χ1v) is 9.41. The second kappa shape index (κ2) is 5.71. The van der Waals surface area contributed by atoms with E-state index in [2.05, 4.69) is 25.4 Å². The molecular formula is C16H12N6OS2. The summed E-state index contributed by atoms with van der Waals surface area (Å²) in [5.74, 6) is 1.85. The van der Waals surface area contributed by atoms with Crippen LogP contribution in [0.2, 0.25) is 0 Å². The van der Waals surface area contributed by atoms with Crippen molar-refractivity contribution in [3.8, 4) is 10.8 Å². The van der Waals surface area contributed by atoms with Gasteiger partial charge in [0.15, 0.2) is 5.16 Å². The lowest BCUT2D eigenvalue weighted by molar-refractivity contribution is 0.510. The summed E-state index contributed by atoms with van der Waals surface area (Å²) in [7, 11) is 0. The molecular weight excluding hydrogens is 356 g/mol. The van der Waals surface area contributed by atoms with Gasteiger partial charge in [-0.15, -0.1) is 26.6 Å². The Kier molecular flexibility index (Phi) is 3.35. The summed E-state index contributed by atoms with van der Waals surface area (Å²) >= 11 is 3.13. The number of thioether (sulfide) groups is 1. The van der Waals surface area contributed by atoms with Crippen molar-refractivity contribution in [2.45, 2.75) is 17.3 Å². The van der Waals surface area contributed by atoms with E-state index in [9.17, 15) is 0 Å². The zero-order valence-electron chi connectivity index (χ0n) is 13.1. The average molecular weight is 368 g/mol. The fourth-order valence-corrected chi connectivity index (χ4v) is 4.17. The third kappa shape index (κ3) is 2.43. The van der Waals surface area contributed by atoms with Crippen molar-refractivity contribution in [3.63, 3.8) is 0 Å². The molecule has 1 N–H and O–H groups in total. The zero-order valence-corrected chi connectivity index (χ0v) is 14.7. The number of fused-ring (bicyclic) bond motifs is 3. The quantitative estimate of drug-likeness (QED) is 0.479. The molecule has 4 aromatic heterocycles. The number of hydrogen-bond donors (Lipinski definition) is 1. The molecule has 0 saturated heterocycles. The Labute approximate surface area is 150 Å². The van der Waals surface area contributed by atoms with Crippen molar-refractivity contribution < 1.29 is 4.42 Å². The SMILES string of the molecule is CC(Sc1n[nH]c2nc3ccccc3n12)c1nnc(-c2cccs2)o1. The summed E-state index contributed by atoms with van der Waals surface area (Å²) < 4.78 is 7.83. The van der Waals surface area contributed by atoms with E-state index in [1.54, 1.807) is 23.1 Å². The highest BCUT2D eigenvalue weighted by Gasteiger charge is 2.20. The van der Waals surface area contributed by atoms with Crippen LogP contribution >= 0.6 is 23.1 Å². The largest absolute Gasteiger partial charge is 0.419 e. The second-order valence-corrected chi connectivity index (χ2v) is 7.70. The lowest BCUT2D eigenvalue weighted by atomic mass is 10.3. The van der Waals surface area contributed by atoms with Crippen LogP contribution in [-0.2, 0) is 0 Å². The average Bonchev–Trinajstić information content (AvgIpc) is 3.39. The first-order valence-electron chi connectivity index (χ1n) is 7.65. The second-order valence-electron chi connectivity index (χ2n) is 5.45. The molecule has 9 heteroatoms. The Morgan fingerprint density at radius 1 is 1.20 bits per heavy atom. The summed E-state index contributed by atoms with van der Waals surface area (Å²) in [6.07, 6.45) is 0. The highest BCUT2D eigenvalue weighted by atomic mass is 32.2. The molecule has 0 radical (unpaired) electrons. The van der Waals surface area contributed by atoms with Gasteiger partial charge in [0.1, 0.15) is 0 Å². The standard InChI is InChI=1S/C16H12N6OS2/c1-9(13-18-19-14(23-13)12-7-4-8-24-12)25-16-21-20-15-17-10-5-2-3-6-11(10)22(15)16/h2-9H,1H3,(H,17,20). The van der Waals surface area contributed by atoms with Crippen molar-refractivity contribution in [2.24, 2.45) is 0 Å². The van der Waals surface area contributed by atoms with Crippen molar-refractivity contribution in [1.82, 2.24) is 29.8 Å². The van der Waals surface area contributed by atoms with Crippen molar-refractivity contribution in [2.75, 3.05) is 0 Å². The first kappa shape index (κ1) is 14.7. The number of thiophene rings is 1. The normalized spacial score (nSPS) is 13.0. The number of rotatable bonds is 4. The zero-order chi connectivity index (χ0) is 16.8. The lowest BCUT2D eigenvalue weighted by Gasteiger charge is -2.04. The van der Waals surface area contributed by atoms with Crippen molar-refractivity contribution in [3.05, 3.63) is 47.7 Å². The molecule has 1 atom stereocenters. The van der Waals surface area contributed by atoms with Crippen LogP contribution in [0.25, 0.3) is 27.6 Å². The monoisotopic (exact) mass is 368 g/mol. The van der Waals surface area contributed by atoms with Crippen LogP contribution in [0.4, 0.5) is 0 Å². The van der Waals surface area contributed by atoms with Crippen LogP contribution in [0.15, 0.2) is 51.4 Å². The molecule has 5 aromatic rings. The van der Waals surface area contributed by atoms with Gasteiger partial charge in [-0.25, -0.2) is 10.1 Å². The third-order valence-electron chi connectivity index (χ3n) is 3.81. The summed E-state index contributed by atoms with van der Waals surface area (Å²) in [6, 6.07) is 11.9. The molecule has 0 amide bonds. The van der Waals surface area contributed by atoms with Gasteiger partial charge in [-0.3, -0.25) is 4.40 Å². The van der Waals surface area contributed by atoms with Gasteiger partial charge < -0.3 is 4.42 Å². The summed E-state index contributed by atoms with van der Waals surface area (Å²) in [6.45, 7) is 2.02. The predicted octanol–water partition coefficient (Wildman–Crippen LogP) is 4.18. The number of nitrogens with zero attached hydrogens (tertiary/aromatic N) is 5. The third-order valence-corrected chi connectivity index (χ3v) is 5.70. The van der Waals surface area contributed by atoms with Crippen LogP contribution in [0.3, 0.4) is 0 Å². The smallest absolute Gasteiger partial charge is 0.257 e. The number of H-pyrrole nitrogens is 1. The minimum Gasteiger partial charge on any atom is -0.419 e. The van der Waals surface area contributed by atoms with E-state index in [0.717, 1.165) is 26.8 Å². The Hall–Kier alpha value is -2.65. The maximum atomic E-state index is 5.82. The van der Waals surface area contributed by atoms with Gasteiger partial charge >= 0.3 is 0 Å². The van der Waals surface area contributed by atoms with Gasteiger partial charge in [0.05, 0.1) is 21.2 Å². The van der Waals surface area contributed by atoms with Crippen LogP contribution < -0.4 is 0 Å². The number of hydrogen-bond acceptors (Lipinski definition) is 7. The van der Waals surface area contributed by atoms with E-state index < -0.39 is 0 Å². The van der Waals surface area contributed by atoms with Gasteiger partial charge in [0.25, 0.3) is 5.89 Å². The van der Waals surface area contributed by atoms with Crippen LogP contribution in [-0.4, -0.2) is 29.8 Å². The fraction of sp³-hybridized carbons (Fsp3) is 0.125. The fourth-order valence-electron chi connectivity index (χ4n) is 2.63. The molecule has 124 valence electrons. The predicted molar refractivity (Wildman–Crippen MR) is 96.7 cm³/mol. The molecule has 4 heterocycles. The molecule has 0 saturated carbocycles. The van der Waals surface area contributed by atoms with Gasteiger partial charge in [-0.05, 0) is 30.5 Å². The Morgan fingerprint density at radius 2 is 2.12 bits per heavy atom. The number of nitrogens with one attached hydrogen (secondary N) is 1. The number of aromatic amines is 1. The molecule has 5 rings (SSSR count). The summed E-state index contributed by atoms with van der Waals surface area (Å²) in [5, 5.41) is 18.5. The molecule has 0 aliphatic carbocycles.